The van der Waals surface area contributed by atoms with Crippen LogP contribution in [0.15, 0.2) is 16.8 Å². The topological polar surface area (TPSA) is 39.1 Å². The Kier molecular flexibility index (Phi) is 4.03. The van der Waals surface area contributed by atoms with Gasteiger partial charge in [0, 0.05) is 39.8 Å². The molecule has 2 aliphatic heterocycles. The smallest absolute Gasteiger partial charge is 0.352 e. The average molecular weight is 290 g/mol. The van der Waals surface area contributed by atoms with Gasteiger partial charge in [0.15, 0.2) is 0 Å². The zero-order chi connectivity index (χ0) is 14.9. The van der Waals surface area contributed by atoms with Crippen LogP contribution in [0.25, 0.3) is 0 Å². The molecule has 0 radical (unpaired) electrons. The standard InChI is InChI=1S/C12H17F3N4O/c1-17-5-7-19(8-6-17)10(20)9-3-4-18(2)11(16-9)12(13,14)15/h3H,4-8H2,1-2H3. The highest BCUT2D eigenvalue weighted by atomic mass is 19.4. The van der Waals surface area contributed by atoms with Crippen LogP contribution in [-0.4, -0.2) is 79.4 Å². The fourth-order valence-electron chi connectivity index (χ4n) is 2.14. The van der Waals surface area contributed by atoms with E-state index in [4.69, 9.17) is 0 Å². The number of amides is 1. The molecule has 0 spiro atoms. The molecule has 0 N–H and O–H groups in total. The molecule has 1 saturated heterocycles. The molecule has 0 aromatic carbocycles. The molecular weight excluding hydrogens is 273 g/mol. The Bertz CT molecular complexity index is 450. The van der Waals surface area contributed by atoms with Crippen LogP contribution < -0.4 is 0 Å². The lowest BCUT2D eigenvalue weighted by molar-refractivity contribution is -0.128. The first-order valence-corrected chi connectivity index (χ1v) is 6.34. The van der Waals surface area contributed by atoms with Crippen LogP contribution in [0.5, 0.6) is 0 Å². The van der Waals surface area contributed by atoms with Crippen molar-refractivity contribution in [3.63, 3.8) is 0 Å². The van der Waals surface area contributed by atoms with Gasteiger partial charge in [-0.05, 0) is 13.1 Å². The van der Waals surface area contributed by atoms with Gasteiger partial charge in [-0.2, -0.15) is 13.2 Å². The number of nitrogens with zero attached hydrogens (tertiary/aromatic N) is 4. The molecule has 2 heterocycles. The minimum Gasteiger partial charge on any atom is -0.352 e. The van der Waals surface area contributed by atoms with E-state index in [2.05, 4.69) is 9.89 Å². The predicted octanol–water partition coefficient (Wildman–Crippen LogP) is 0.550. The number of carbonyl (C=O) groups excluding carboxylic acids is 1. The molecule has 20 heavy (non-hydrogen) atoms. The fourth-order valence-corrected chi connectivity index (χ4v) is 2.14. The Hall–Kier alpha value is -1.57. The van der Waals surface area contributed by atoms with E-state index in [1.54, 1.807) is 4.90 Å². The molecule has 0 bridgehead atoms. The van der Waals surface area contributed by atoms with Gasteiger partial charge in [0.25, 0.3) is 5.91 Å². The van der Waals surface area contributed by atoms with E-state index in [0.717, 1.165) is 18.0 Å². The predicted molar refractivity (Wildman–Crippen MR) is 68.3 cm³/mol. The maximum Gasteiger partial charge on any atom is 0.449 e. The van der Waals surface area contributed by atoms with Crippen LogP contribution in [0.1, 0.15) is 0 Å². The fraction of sp³-hybridized carbons (Fsp3) is 0.667. The number of piperazine rings is 1. The van der Waals surface area contributed by atoms with Crippen LogP contribution >= 0.6 is 0 Å². The number of hydrogen-bond donors (Lipinski definition) is 0. The molecule has 0 aromatic heterocycles. The van der Waals surface area contributed by atoms with Crippen molar-refractivity contribution in [2.75, 3.05) is 46.8 Å². The van der Waals surface area contributed by atoms with Gasteiger partial charge < -0.3 is 14.7 Å². The highest BCUT2D eigenvalue weighted by Gasteiger charge is 2.40. The number of amidine groups is 1. The second-order valence-electron chi connectivity index (χ2n) is 5.00. The molecule has 0 aromatic rings. The molecule has 0 unspecified atom stereocenters. The van der Waals surface area contributed by atoms with Crippen LogP contribution in [0, 0.1) is 0 Å². The number of alkyl halides is 3. The Morgan fingerprint density at radius 1 is 1.20 bits per heavy atom. The van der Waals surface area contributed by atoms with Crippen LogP contribution in [-0.2, 0) is 4.79 Å². The lowest BCUT2D eigenvalue weighted by Gasteiger charge is -2.33. The first-order valence-electron chi connectivity index (χ1n) is 6.34. The highest BCUT2D eigenvalue weighted by Crippen LogP contribution is 2.23. The summed E-state index contributed by atoms with van der Waals surface area (Å²) in [7, 11) is 3.25. The van der Waals surface area contributed by atoms with E-state index in [1.165, 1.54) is 13.1 Å². The summed E-state index contributed by atoms with van der Waals surface area (Å²) >= 11 is 0. The van der Waals surface area contributed by atoms with E-state index < -0.39 is 17.9 Å². The molecule has 1 amide bonds. The summed E-state index contributed by atoms with van der Waals surface area (Å²) in [6, 6.07) is 0. The van der Waals surface area contributed by atoms with Gasteiger partial charge >= 0.3 is 6.18 Å². The summed E-state index contributed by atoms with van der Waals surface area (Å²) in [5.41, 5.74) is -0.111. The van der Waals surface area contributed by atoms with Gasteiger partial charge in [-0.25, -0.2) is 4.99 Å². The largest absolute Gasteiger partial charge is 0.449 e. The zero-order valence-electron chi connectivity index (χ0n) is 11.4. The van der Waals surface area contributed by atoms with Gasteiger partial charge in [0.05, 0.1) is 0 Å². The van der Waals surface area contributed by atoms with Gasteiger partial charge in [-0.3, -0.25) is 4.79 Å². The van der Waals surface area contributed by atoms with E-state index >= 15 is 0 Å². The Morgan fingerprint density at radius 3 is 2.35 bits per heavy atom. The minimum absolute atomic E-state index is 0.0349. The van der Waals surface area contributed by atoms with Gasteiger partial charge in [-0.15, -0.1) is 0 Å². The molecule has 2 aliphatic rings. The third-order valence-corrected chi connectivity index (χ3v) is 3.41. The number of likely N-dealkylation sites (N-methyl/N-ethyl adjacent to an activating group) is 2. The van der Waals surface area contributed by atoms with Crippen molar-refractivity contribution in [3.8, 4) is 0 Å². The highest BCUT2D eigenvalue weighted by molar-refractivity contribution is 5.99. The first kappa shape index (κ1) is 14.8. The quantitative estimate of drug-likeness (QED) is 0.708. The second kappa shape index (κ2) is 5.43. The van der Waals surface area contributed by atoms with E-state index in [9.17, 15) is 18.0 Å². The number of aliphatic imine (C=N–C) groups is 1. The van der Waals surface area contributed by atoms with Crippen molar-refractivity contribution in [2.24, 2.45) is 4.99 Å². The minimum atomic E-state index is -4.54. The van der Waals surface area contributed by atoms with Crippen molar-refractivity contribution in [2.45, 2.75) is 6.18 Å². The Labute approximate surface area is 115 Å². The number of hydrogen-bond acceptors (Lipinski definition) is 4. The molecule has 112 valence electrons. The molecule has 0 saturated carbocycles. The first-order chi connectivity index (χ1) is 9.29. The summed E-state index contributed by atoms with van der Waals surface area (Å²) in [5.74, 6) is -1.44. The molecular formula is C12H17F3N4O. The van der Waals surface area contributed by atoms with Crippen molar-refractivity contribution >= 4 is 11.7 Å². The molecule has 5 nitrogen and oxygen atoms in total. The Balaban J connectivity index is 2.13. The van der Waals surface area contributed by atoms with E-state index in [0.29, 0.717) is 13.1 Å². The lowest BCUT2D eigenvalue weighted by Crippen LogP contribution is -2.48. The van der Waals surface area contributed by atoms with Crippen LogP contribution in [0.4, 0.5) is 13.2 Å². The van der Waals surface area contributed by atoms with E-state index in [1.807, 2.05) is 7.05 Å². The van der Waals surface area contributed by atoms with Crippen molar-refractivity contribution in [1.29, 1.82) is 0 Å². The normalized spacial score (nSPS) is 21.6. The summed E-state index contributed by atoms with van der Waals surface area (Å²) < 4.78 is 38.4. The van der Waals surface area contributed by atoms with Gasteiger partial charge in [0.2, 0.25) is 5.84 Å². The van der Waals surface area contributed by atoms with Gasteiger partial charge in [0.1, 0.15) is 5.70 Å². The Morgan fingerprint density at radius 2 is 1.80 bits per heavy atom. The summed E-state index contributed by atoms with van der Waals surface area (Å²) in [4.78, 5) is 20.3. The average Bonchev–Trinajstić information content (AvgIpc) is 2.38. The van der Waals surface area contributed by atoms with Crippen molar-refractivity contribution < 1.29 is 18.0 Å². The maximum atomic E-state index is 12.8. The van der Waals surface area contributed by atoms with Crippen LogP contribution in [0.3, 0.4) is 0 Å². The SMILES string of the molecule is CN1CCN(C(=O)C2=CCN(C)C(C(F)(F)F)=N2)CC1. The van der Waals surface area contributed by atoms with Crippen molar-refractivity contribution in [3.05, 3.63) is 11.8 Å². The summed E-state index contributed by atoms with van der Waals surface area (Å²) in [5, 5.41) is 0. The van der Waals surface area contributed by atoms with Crippen molar-refractivity contribution in [1.82, 2.24) is 14.7 Å². The molecule has 0 atom stereocenters. The van der Waals surface area contributed by atoms with E-state index in [-0.39, 0.29) is 12.2 Å². The molecule has 0 aliphatic carbocycles. The number of halogens is 3. The molecule has 1 fully saturated rings. The number of carbonyl (C=O) groups is 1. The molecule has 8 heteroatoms. The maximum absolute atomic E-state index is 12.8. The molecule has 2 rings (SSSR count). The lowest BCUT2D eigenvalue weighted by atomic mass is 10.2. The summed E-state index contributed by atoms with van der Waals surface area (Å²) in [6.07, 6.45) is -3.10. The number of rotatable bonds is 1. The second-order valence-corrected chi connectivity index (χ2v) is 5.00. The van der Waals surface area contributed by atoms with Gasteiger partial charge in [-0.1, -0.05) is 0 Å². The monoisotopic (exact) mass is 290 g/mol. The zero-order valence-corrected chi connectivity index (χ0v) is 11.4. The van der Waals surface area contributed by atoms with Crippen LogP contribution in [0.2, 0.25) is 0 Å². The third kappa shape index (κ3) is 3.12. The summed E-state index contributed by atoms with van der Waals surface area (Å²) in [6.45, 7) is 2.50. The third-order valence-electron chi connectivity index (χ3n) is 3.41.